The van der Waals surface area contributed by atoms with Gasteiger partial charge in [0, 0.05) is 5.69 Å². The number of nitrogens with one attached hydrogen (secondary N) is 1. The van der Waals surface area contributed by atoms with E-state index in [2.05, 4.69) is 5.32 Å². The summed E-state index contributed by atoms with van der Waals surface area (Å²) in [5.74, 6) is -0.763. The molecule has 0 aliphatic carbocycles. The van der Waals surface area contributed by atoms with E-state index in [1.54, 1.807) is 31.2 Å². The van der Waals surface area contributed by atoms with Crippen molar-refractivity contribution in [1.29, 1.82) is 0 Å². The quantitative estimate of drug-likeness (QED) is 0.738. The summed E-state index contributed by atoms with van der Waals surface area (Å²) in [6.07, 6.45) is 0. The molecule has 0 fully saturated rings. The van der Waals surface area contributed by atoms with Gasteiger partial charge in [0.05, 0.1) is 21.3 Å². The molecule has 0 bridgehead atoms. The number of benzene rings is 2. The predicted molar refractivity (Wildman–Crippen MR) is 81.7 cm³/mol. The van der Waals surface area contributed by atoms with Crippen molar-refractivity contribution in [1.82, 2.24) is 0 Å². The Balaban J connectivity index is 2.33. The second kappa shape index (κ2) is 5.61. The molecule has 0 aromatic heterocycles. The molecular formula is C14H12Cl2N2O2. The Hall–Kier alpha value is -1.91. The number of nitrogens with two attached hydrogens (primary N) is 1. The molecule has 4 nitrogen and oxygen atoms in total. The van der Waals surface area contributed by atoms with E-state index < -0.39 is 5.91 Å². The second-order valence-corrected chi connectivity index (χ2v) is 5.15. The average Bonchev–Trinajstić information content (AvgIpc) is 2.37. The van der Waals surface area contributed by atoms with Gasteiger partial charge < -0.3 is 16.2 Å². The van der Waals surface area contributed by atoms with Crippen molar-refractivity contribution < 1.29 is 9.90 Å². The number of carbonyl (C=O) groups excluding carboxylic acids is 1. The van der Waals surface area contributed by atoms with Crippen LogP contribution in [-0.2, 0) is 0 Å². The maximum absolute atomic E-state index is 12.2. The zero-order valence-electron chi connectivity index (χ0n) is 10.6. The van der Waals surface area contributed by atoms with E-state index >= 15 is 0 Å². The zero-order valence-corrected chi connectivity index (χ0v) is 12.1. The summed E-state index contributed by atoms with van der Waals surface area (Å²) in [6.45, 7) is 1.78. The van der Waals surface area contributed by atoms with Crippen LogP contribution in [0.25, 0.3) is 0 Å². The summed E-state index contributed by atoms with van der Waals surface area (Å²) < 4.78 is 0. The van der Waals surface area contributed by atoms with Crippen molar-refractivity contribution in [3.05, 3.63) is 51.5 Å². The molecule has 6 heteroatoms. The Morgan fingerprint density at radius 3 is 2.55 bits per heavy atom. The third-order valence-corrected chi connectivity index (χ3v) is 3.29. The van der Waals surface area contributed by atoms with Gasteiger partial charge in [0.15, 0.2) is 0 Å². The molecule has 0 unspecified atom stereocenters. The molecule has 20 heavy (non-hydrogen) atoms. The van der Waals surface area contributed by atoms with Gasteiger partial charge >= 0.3 is 0 Å². The Kier molecular flexibility index (Phi) is 4.06. The molecule has 2 aromatic carbocycles. The number of amides is 1. The highest BCUT2D eigenvalue weighted by Gasteiger charge is 2.16. The first-order valence-corrected chi connectivity index (χ1v) is 6.49. The van der Waals surface area contributed by atoms with Gasteiger partial charge in [-0.2, -0.15) is 0 Å². The first-order chi connectivity index (χ1) is 9.38. The summed E-state index contributed by atoms with van der Waals surface area (Å²) in [6, 6.07) is 7.85. The Bertz CT molecular complexity index is 687. The van der Waals surface area contributed by atoms with E-state index in [0.717, 1.165) is 5.56 Å². The normalized spacial score (nSPS) is 10.3. The minimum atomic E-state index is -0.500. The van der Waals surface area contributed by atoms with Gasteiger partial charge in [0.25, 0.3) is 5.91 Å². The van der Waals surface area contributed by atoms with E-state index in [9.17, 15) is 9.90 Å². The van der Waals surface area contributed by atoms with Gasteiger partial charge in [-0.05, 0) is 42.8 Å². The monoisotopic (exact) mass is 310 g/mol. The van der Waals surface area contributed by atoms with Gasteiger partial charge in [-0.3, -0.25) is 4.79 Å². The molecule has 2 rings (SSSR count). The molecule has 0 atom stereocenters. The summed E-state index contributed by atoms with van der Waals surface area (Å²) in [7, 11) is 0. The molecule has 0 saturated heterocycles. The van der Waals surface area contributed by atoms with Crippen molar-refractivity contribution in [3.8, 4) is 5.75 Å². The van der Waals surface area contributed by atoms with Gasteiger partial charge in [-0.15, -0.1) is 0 Å². The number of anilines is 2. The molecule has 0 aliphatic rings. The second-order valence-electron chi connectivity index (χ2n) is 4.34. The van der Waals surface area contributed by atoms with E-state index in [0.29, 0.717) is 16.4 Å². The highest BCUT2D eigenvalue weighted by Crippen LogP contribution is 2.30. The van der Waals surface area contributed by atoms with Crippen LogP contribution in [0, 0.1) is 6.92 Å². The van der Waals surface area contributed by atoms with E-state index in [1.807, 2.05) is 0 Å². The predicted octanol–water partition coefficient (Wildman–Crippen LogP) is 3.84. The zero-order chi connectivity index (χ0) is 14.9. The maximum Gasteiger partial charge on any atom is 0.259 e. The Morgan fingerprint density at radius 2 is 1.90 bits per heavy atom. The standard InChI is InChI=1S/C14H12Cl2N2O2/c1-7-4-9(13(19)11(16)5-7)14(20)18-12-3-2-8(17)6-10(12)15/h2-6,19H,17H2,1H3,(H,18,20). The molecule has 0 heterocycles. The lowest BCUT2D eigenvalue weighted by molar-refractivity contribution is 0.102. The van der Waals surface area contributed by atoms with Crippen molar-refractivity contribution in [3.63, 3.8) is 0 Å². The van der Waals surface area contributed by atoms with Gasteiger partial charge in [-0.25, -0.2) is 0 Å². The number of halogens is 2. The molecule has 4 N–H and O–H groups in total. The fourth-order valence-corrected chi connectivity index (χ4v) is 2.24. The molecule has 0 spiro atoms. The number of hydrogen-bond acceptors (Lipinski definition) is 3. The summed E-state index contributed by atoms with van der Waals surface area (Å²) in [5.41, 5.74) is 7.33. The lowest BCUT2D eigenvalue weighted by atomic mass is 10.1. The van der Waals surface area contributed by atoms with Crippen molar-refractivity contribution in [2.45, 2.75) is 6.92 Å². The third-order valence-electron chi connectivity index (χ3n) is 2.69. The first-order valence-electron chi connectivity index (χ1n) is 5.74. The molecule has 2 aromatic rings. The van der Waals surface area contributed by atoms with Crippen LogP contribution in [0.5, 0.6) is 5.75 Å². The summed E-state index contributed by atoms with van der Waals surface area (Å²) in [5, 5.41) is 12.9. The van der Waals surface area contributed by atoms with E-state index in [1.165, 1.54) is 6.07 Å². The van der Waals surface area contributed by atoms with Crippen LogP contribution in [-0.4, -0.2) is 11.0 Å². The van der Waals surface area contributed by atoms with Crippen molar-refractivity contribution in [2.24, 2.45) is 0 Å². The van der Waals surface area contributed by atoms with E-state index in [-0.39, 0.29) is 16.3 Å². The van der Waals surface area contributed by atoms with Crippen LogP contribution in [0.15, 0.2) is 30.3 Å². The number of carbonyl (C=O) groups is 1. The lowest BCUT2D eigenvalue weighted by Gasteiger charge is -2.10. The lowest BCUT2D eigenvalue weighted by Crippen LogP contribution is -2.13. The topological polar surface area (TPSA) is 75.3 Å². The van der Waals surface area contributed by atoms with Crippen molar-refractivity contribution in [2.75, 3.05) is 11.1 Å². The van der Waals surface area contributed by atoms with Crippen molar-refractivity contribution >= 4 is 40.5 Å². The Labute approximate surface area is 126 Å². The minimum absolute atomic E-state index is 0.0860. The van der Waals surface area contributed by atoms with Gasteiger partial charge in [0.1, 0.15) is 5.75 Å². The molecule has 0 radical (unpaired) electrons. The fourth-order valence-electron chi connectivity index (χ4n) is 1.73. The minimum Gasteiger partial charge on any atom is -0.506 e. The van der Waals surface area contributed by atoms with Gasteiger partial charge in [-0.1, -0.05) is 23.2 Å². The van der Waals surface area contributed by atoms with Crippen LogP contribution in [0.2, 0.25) is 10.0 Å². The number of aromatic hydroxyl groups is 1. The number of phenols is 1. The highest BCUT2D eigenvalue weighted by molar-refractivity contribution is 6.34. The van der Waals surface area contributed by atoms with Crippen LogP contribution >= 0.6 is 23.2 Å². The highest BCUT2D eigenvalue weighted by atomic mass is 35.5. The smallest absolute Gasteiger partial charge is 0.259 e. The summed E-state index contributed by atoms with van der Waals surface area (Å²) in [4.78, 5) is 12.2. The molecular weight excluding hydrogens is 299 g/mol. The van der Waals surface area contributed by atoms with Gasteiger partial charge in [0.2, 0.25) is 0 Å². The largest absolute Gasteiger partial charge is 0.506 e. The third kappa shape index (κ3) is 2.98. The number of aryl methyl sites for hydroxylation is 1. The molecule has 104 valence electrons. The molecule has 0 saturated carbocycles. The first kappa shape index (κ1) is 14.5. The Morgan fingerprint density at radius 1 is 1.20 bits per heavy atom. The SMILES string of the molecule is Cc1cc(Cl)c(O)c(C(=O)Nc2ccc(N)cc2Cl)c1. The van der Waals surface area contributed by atoms with Crippen LogP contribution in [0.3, 0.4) is 0 Å². The van der Waals surface area contributed by atoms with Crippen LogP contribution in [0.1, 0.15) is 15.9 Å². The number of rotatable bonds is 2. The van der Waals surface area contributed by atoms with Crippen LogP contribution in [0.4, 0.5) is 11.4 Å². The summed E-state index contributed by atoms with van der Waals surface area (Å²) >= 11 is 11.8. The molecule has 0 aliphatic heterocycles. The number of phenolic OH excluding ortho intramolecular Hbond substituents is 1. The maximum atomic E-state index is 12.2. The van der Waals surface area contributed by atoms with Crippen LogP contribution < -0.4 is 11.1 Å². The fraction of sp³-hybridized carbons (Fsp3) is 0.0714. The number of hydrogen-bond donors (Lipinski definition) is 3. The average molecular weight is 311 g/mol. The number of nitrogen functional groups attached to an aromatic ring is 1. The molecule has 1 amide bonds. The van der Waals surface area contributed by atoms with E-state index in [4.69, 9.17) is 28.9 Å².